The molecule has 1 aromatic heterocycles. The van der Waals surface area contributed by atoms with Crippen LogP contribution in [0.15, 0.2) is 5.38 Å². The maximum Gasteiger partial charge on any atom is 0.225 e. The molecular weight excluding hydrogens is 346 g/mol. The minimum absolute atomic E-state index is 0. The van der Waals surface area contributed by atoms with E-state index in [9.17, 15) is 4.79 Å². The highest BCUT2D eigenvalue weighted by molar-refractivity contribution is 7.13. The number of hydrogen-bond acceptors (Lipinski definition) is 6. The van der Waals surface area contributed by atoms with Gasteiger partial charge >= 0.3 is 0 Å². The standard InChI is InChI=1S/C17H29N5OS.C2H6.H2/c1-13(2)16(23)22-8-6-21(7-9-22)11-15-12-24-17(20-15)19-10-14-4-3-5-18-14;1-2;/h12-14,18H,3-11H2,1-2H3,(H,19,20);1-2H3;1H/t14-;;/m0../s1. The minimum atomic E-state index is 0. The topological polar surface area (TPSA) is 60.5 Å². The third-order valence-electron chi connectivity index (χ3n) is 4.78. The Morgan fingerprint density at radius 2 is 2.12 bits per heavy atom. The summed E-state index contributed by atoms with van der Waals surface area (Å²) >= 11 is 1.69. The predicted molar refractivity (Wildman–Crippen MR) is 112 cm³/mol. The van der Waals surface area contributed by atoms with E-state index in [1.807, 2.05) is 32.6 Å². The van der Waals surface area contributed by atoms with Crippen LogP contribution in [0.25, 0.3) is 0 Å². The fourth-order valence-electron chi connectivity index (χ4n) is 3.32. The van der Waals surface area contributed by atoms with Crippen molar-refractivity contribution < 1.29 is 6.22 Å². The number of hydrogen-bond donors (Lipinski definition) is 2. The van der Waals surface area contributed by atoms with Crippen LogP contribution in [-0.4, -0.2) is 66.0 Å². The van der Waals surface area contributed by atoms with Gasteiger partial charge in [-0.3, -0.25) is 9.69 Å². The van der Waals surface area contributed by atoms with Crippen LogP contribution in [-0.2, 0) is 11.3 Å². The second-order valence-electron chi connectivity index (χ2n) is 7.07. The molecule has 150 valence electrons. The molecule has 0 aliphatic carbocycles. The van der Waals surface area contributed by atoms with Crippen LogP contribution in [0.3, 0.4) is 0 Å². The first kappa shape index (κ1) is 21.1. The Morgan fingerprint density at radius 1 is 1.38 bits per heavy atom. The summed E-state index contributed by atoms with van der Waals surface area (Å²) in [7, 11) is 0. The summed E-state index contributed by atoms with van der Waals surface area (Å²) in [4.78, 5) is 21.1. The van der Waals surface area contributed by atoms with E-state index < -0.39 is 0 Å². The molecule has 2 N–H and O–H groups in total. The van der Waals surface area contributed by atoms with Gasteiger partial charge in [0.2, 0.25) is 5.91 Å². The van der Waals surface area contributed by atoms with E-state index in [0.717, 1.165) is 56.6 Å². The van der Waals surface area contributed by atoms with Crippen LogP contribution >= 0.6 is 11.3 Å². The van der Waals surface area contributed by atoms with E-state index in [2.05, 4.69) is 20.9 Å². The predicted octanol–water partition coefficient (Wildman–Crippen LogP) is 2.88. The van der Waals surface area contributed by atoms with Gasteiger partial charge in [0.25, 0.3) is 0 Å². The average Bonchev–Trinajstić information content (AvgIpc) is 3.33. The Labute approximate surface area is 163 Å². The van der Waals surface area contributed by atoms with Crippen molar-refractivity contribution in [3.8, 4) is 0 Å². The number of nitrogens with zero attached hydrogens (tertiary/aromatic N) is 3. The Hall–Kier alpha value is -1.18. The molecule has 7 heteroatoms. The van der Waals surface area contributed by atoms with Crippen molar-refractivity contribution >= 4 is 22.4 Å². The highest BCUT2D eigenvalue weighted by Gasteiger charge is 2.23. The largest absolute Gasteiger partial charge is 0.360 e. The second kappa shape index (κ2) is 10.8. The van der Waals surface area contributed by atoms with Gasteiger partial charge < -0.3 is 15.5 Å². The summed E-state index contributed by atoms with van der Waals surface area (Å²) in [5, 5.41) is 10.1. The van der Waals surface area contributed by atoms with Crippen LogP contribution in [0.4, 0.5) is 5.13 Å². The van der Waals surface area contributed by atoms with Crippen LogP contribution in [0.2, 0.25) is 0 Å². The Morgan fingerprint density at radius 3 is 2.73 bits per heavy atom. The van der Waals surface area contributed by atoms with Gasteiger partial charge in [-0.1, -0.05) is 27.7 Å². The van der Waals surface area contributed by atoms with Gasteiger partial charge in [-0.05, 0) is 19.4 Å². The first-order valence-corrected chi connectivity index (χ1v) is 10.9. The number of carbonyl (C=O) groups excluding carboxylic acids is 1. The van der Waals surface area contributed by atoms with E-state index >= 15 is 0 Å². The maximum absolute atomic E-state index is 12.0. The van der Waals surface area contributed by atoms with Gasteiger partial charge in [0.1, 0.15) is 0 Å². The van der Waals surface area contributed by atoms with Crippen LogP contribution in [0.5, 0.6) is 0 Å². The van der Waals surface area contributed by atoms with Gasteiger partial charge in [0.15, 0.2) is 5.13 Å². The van der Waals surface area contributed by atoms with Crippen molar-refractivity contribution in [1.82, 2.24) is 20.1 Å². The fraction of sp³-hybridized carbons (Fsp3) is 0.789. The Bertz CT molecular complexity index is 540. The number of carbonyl (C=O) groups is 1. The monoisotopic (exact) mass is 383 g/mol. The molecule has 26 heavy (non-hydrogen) atoms. The zero-order valence-corrected chi connectivity index (χ0v) is 17.6. The van der Waals surface area contributed by atoms with Crippen LogP contribution < -0.4 is 10.6 Å². The van der Waals surface area contributed by atoms with E-state index in [-0.39, 0.29) is 13.3 Å². The molecule has 2 aliphatic rings. The Balaban J connectivity index is 0.00000118. The number of thiazole rings is 1. The number of nitrogens with one attached hydrogen (secondary N) is 2. The lowest BCUT2D eigenvalue weighted by Gasteiger charge is -2.35. The summed E-state index contributed by atoms with van der Waals surface area (Å²) in [6.45, 7) is 14.5. The first-order valence-electron chi connectivity index (χ1n) is 10.0. The molecule has 3 heterocycles. The molecule has 0 bridgehead atoms. The van der Waals surface area contributed by atoms with E-state index in [1.165, 1.54) is 12.8 Å². The van der Waals surface area contributed by atoms with Gasteiger partial charge in [0.05, 0.1) is 5.69 Å². The normalized spacial score (nSPS) is 20.8. The molecule has 1 amide bonds. The van der Waals surface area contributed by atoms with Gasteiger partial charge in [-0.25, -0.2) is 4.98 Å². The minimum Gasteiger partial charge on any atom is -0.360 e. The van der Waals surface area contributed by atoms with E-state index in [4.69, 9.17) is 4.98 Å². The van der Waals surface area contributed by atoms with Crippen LogP contribution in [0, 0.1) is 5.92 Å². The molecule has 0 spiro atoms. The van der Waals surface area contributed by atoms with Crippen LogP contribution in [0.1, 0.15) is 47.7 Å². The lowest BCUT2D eigenvalue weighted by molar-refractivity contribution is -0.136. The summed E-state index contributed by atoms with van der Waals surface area (Å²) in [6, 6.07) is 0.587. The first-order chi connectivity index (χ1) is 12.6. The number of aromatic nitrogens is 1. The quantitative estimate of drug-likeness (QED) is 0.791. The molecule has 1 aromatic rings. The molecule has 1 atom stereocenters. The summed E-state index contributed by atoms with van der Waals surface area (Å²) in [6.07, 6.45) is 2.53. The molecule has 6 nitrogen and oxygen atoms in total. The van der Waals surface area contributed by atoms with Gasteiger partial charge in [0, 0.05) is 58.0 Å². The molecule has 0 radical (unpaired) electrons. The fourth-order valence-corrected chi connectivity index (χ4v) is 4.03. The van der Waals surface area contributed by atoms with Crippen molar-refractivity contribution in [3.05, 3.63) is 11.1 Å². The molecule has 2 fully saturated rings. The summed E-state index contributed by atoms with van der Waals surface area (Å²) in [5.74, 6) is 0.369. The third kappa shape index (κ3) is 6.21. The van der Waals surface area contributed by atoms with E-state index in [0.29, 0.717) is 6.04 Å². The average molecular weight is 384 g/mol. The van der Waals surface area contributed by atoms with Gasteiger partial charge in [-0.15, -0.1) is 11.3 Å². The van der Waals surface area contributed by atoms with Crippen molar-refractivity contribution in [1.29, 1.82) is 0 Å². The zero-order chi connectivity index (χ0) is 18.9. The lowest BCUT2D eigenvalue weighted by atomic mass is 10.1. The molecule has 2 aliphatic heterocycles. The second-order valence-corrected chi connectivity index (χ2v) is 7.93. The molecular formula is C19H37N5OS. The van der Waals surface area contributed by atoms with E-state index in [1.54, 1.807) is 11.3 Å². The third-order valence-corrected chi connectivity index (χ3v) is 5.63. The highest BCUT2D eigenvalue weighted by Crippen LogP contribution is 2.18. The molecule has 0 saturated carbocycles. The number of piperazine rings is 1. The molecule has 0 aromatic carbocycles. The molecule has 2 saturated heterocycles. The van der Waals surface area contributed by atoms with Crippen molar-refractivity contribution in [2.45, 2.75) is 53.1 Å². The van der Waals surface area contributed by atoms with Crippen molar-refractivity contribution in [3.63, 3.8) is 0 Å². The molecule has 0 unspecified atom stereocenters. The number of anilines is 1. The highest BCUT2D eigenvalue weighted by atomic mass is 32.1. The lowest BCUT2D eigenvalue weighted by Crippen LogP contribution is -2.49. The van der Waals surface area contributed by atoms with Gasteiger partial charge in [-0.2, -0.15) is 0 Å². The smallest absolute Gasteiger partial charge is 0.225 e. The number of rotatable bonds is 6. The summed E-state index contributed by atoms with van der Waals surface area (Å²) in [5.41, 5.74) is 1.13. The summed E-state index contributed by atoms with van der Waals surface area (Å²) < 4.78 is 0. The molecule has 3 rings (SSSR count). The maximum atomic E-state index is 12.0. The zero-order valence-electron chi connectivity index (χ0n) is 16.8. The Kier molecular flexibility index (Phi) is 8.81. The van der Waals surface area contributed by atoms with Crippen molar-refractivity contribution in [2.75, 3.05) is 44.6 Å². The van der Waals surface area contributed by atoms with Crippen molar-refractivity contribution in [2.24, 2.45) is 5.92 Å². The number of amides is 1. The SMILES string of the molecule is CC.CC(C)C(=O)N1CCN(Cc2csc(NC[C@@H]3CCCN3)n2)CC1.[HH].